The van der Waals surface area contributed by atoms with Crippen LogP contribution in [0.2, 0.25) is 0 Å². The number of benzene rings is 10. The number of aromatic nitrogens is 1. The van der Waals surface area contributed by atoms with Gasteiger partial charge in [0.25, 0.3) is 0 Å². The fourth-order valence-electron chi connectivity index (χ4n) is 10.9. The Morgan fingerprint density at radius 2 is 0.901 bits per heavy atom. The third kappa shape index (κ3) is 7.88. The molecule has 0 spiro atoms. The van der Waals surface area contributed by atoms with Crippen molar-refractivity contribution in [1.29, 1.82) is 0 Å². The van der Waals surface area contributed by atoms with Crippen molar-refractivity contribution in [1.82, 2.24) is 4.57 Å². The van der Waals surface area contributed by atoms with Crippen LogP contribution in [-0.4, -0.2) is 4.57 Å². The summed E-state index contributed by atoms with van der Waals surface area (Å²) >= 11 is 0. The number of hydrogen-bond donors (Lipinski definition) is 0. The van der Waals surface area contributed by atoms with Crippen molar-refractivity contribution in [2.24, 2.45) is 0 Å². The van der Waals surface area contributed by atoms with Gasteiger partial charge in [-0.05, 0) is 171 Å². The van der Waals surface area contributed by atoms with E-state index in [9.17, 15) is 0 Å². The zero-order valence-electron chi connectivity index (χ0n) is 40.6. The molecular weight excluding hydrogens is 857 g/mol. The summed E-state index contributed by atoms with van der Waals surface area (Å²) in [5, 5.41) is 2.49. The number of allylic oxidation sites excluding steroid dienone is 4. The fourth-order valence-corrected chi connectivity index (χ4v) is 10.9. The van der Waals surface area contributed by atoms with Crippen molar-refractivity contribution in [2.45, 2.75) is 33.1 Å². The topological polar surface area (TPSA) is 8.17 Å². The molecular formula is C69H54N2. The molecule has 0 atom stereocenters. The van der Waals surface area contributed by atoms with Crippen molar-refractivity contribution in [3.05, 3.63) is 272 Å². The lowest BCUT2D eigenvalue weighted by Crippen LogP contribution is -2.16. The van der Waals surface area contributed by atoms with Gasteiger partial charge in [0.15, 0.2) is 0 Å². The van der Waals surface area contributed by atoms with Gasteiger partial charge in [-0.15, -0.1) is 0 Å². The van der Waals surface area contributed by atoms with Gasteiger partial charge in [-0.25, -0.2) is 0 Å². The van der Waals surface area contributed by atoms with Gasteiger partial charge >= 0.3 is 0 Å². The summed E-state index contributed by atoms with van der Waals surface area (Å²) in [7, 11) is 0. The number of anilines is 3. The van der Waals surface area contributed by atoms with E-state index in [1.54, 1.807) is 0 Å². The first kappa shape index (κ1) is 43.6. The third-order valence-electron chi connectivity index (χ3n) is 14.7. The van der Waals surface area contributed by atoms with Gasteiger partial charge in [-0.3, -0.25) is 0 Å². The summed E-state index contributed by atoms with van der Waals surface area (Å²) in [5.41, 5.74) is 24.1. The van der Waals surface area contributed by atoms with E-state index >= 15 is 0 Å². The maximum absolute atomic E-state index is 2.43. The van der Waals surface area contributed by atoms with Gasteiger partial charge in [-0.1, -0.05) is 190 Å². The van der Waals surface area contributed by atoms with Gasteiger partial charge in [0.05, 0.1) is 11.0 Å². The molecule has 2 heteroatoms. The van der Waals surface area contributed by atoms with E-state index in [2.05, 4.69) is 292 Å². The van der Waals surface area contributed by atoms with E-state index in [0.717, 1.165) is 22.7 Å². The highest BCUT2D eigenvalue weighted by Gasteiger charge is 2.35. The standard InChI is InChI=1S/C69H54N2/c1-5-6-17-47(2)52-32-40-67-63(44-52)64-45-56(49-20-11-8-12-21-49)33-41-68(64)71(67)59-25-16-24-55(43-59)54-23-15-22-53(42-54)51-30-36-58(37-31-51)70(57-34-28-50(29-35-57)48-18-9-7-10-19-48)60-38-39-62-61-26-13-14-27-65(61)69(3,4)66(62)46-60/h5-46H,1-4H3/b6-5-,47-17+. The second-order valence-electron chi connectivity index (χ2n) is 19.4. The maximum atomic E-state index is 2.43. The molecule has 0 saturated carbocycles. The zero-order valence-corrected chi connectivity index (χ0v) is 40.6. The average molecular weight is 911 g/mol. The van der Waals surface area contributed by atoms with E-state index in [0.29, 0.717) is 0 Å². The summed E-state index contributed by atoms with van der Waals surface area (Å²) in [6.45, 7) is 8.96. The molecule has 2 nitrogen and oxygen atoms in total. The van der Waals surface area contributed by atoms with E-state index in [1.165, 1.54) is 99.7 Å². The Labute approximate surface area is 417 Å². The molecule has 0 saturated heterocycles. The van der Waals surface area contributed by atoms with Gasteiger partial charge in [0, 0.05) is 38.9 Å². The van der Waals surface area contributed by atoms with Crippen molar-refractivity contribution in [2.75, 3.05) is 4.90 Å². The maximum Gasteiger partial charge on any atom is 0.0541 e. The third-order valence-corrected chi connectivity index (χ3v) is 14.7. The van der Waals surface area contributed by atoms with Crippen molar-refractivity contribution in [3.63, 3.8) is 0 Å². The number of fused-ring (bicyclic) bond motifs is 6. The lowest BCUT2D eigenvalue weighted by Gasteiger charge is -2.28. The highest BCUT2D eigenvalue weighted by molar-refractivity contribution is 6.11. The van der Waals surface area contributed by atoms with Crippen LogP contribution in [0.4, 0.5) is 17.1 Å². The number of hydrogen-bond acceptors (Lipinski definition) is 1. The van der Waals surface area contributed by atoms with Crippen LogP contribution >= 0.6 is 0 Å². The van der Waals surface area contributed by atoms with Crippen LogP contribution in [0.5, 0.6) is 0 Å². The van der Waals surface area contributed by atoms with E-state index in [-0.39, 0.29) is 5.41 Å². The lowest BCUT2D eigenvalue weighted by molar-refractivity contribution is 0.660. The number of nitrogens with zero attached hydrogens (tertiary/aromatic N) is 2. The lowest BCUT2D eigenvalue weighted by atomic mass is 9.82. The minimum atomic E-state index is -0.109. The van der Waals surface area contributed by atoms with Gasteiger partial charge in [0.2, 0.25) is 0 Å². The summed E-state index contributed by atoms with van der Waals surface area (Å²) in [6, 6.07) is 87.1. The van der Waals surface area contributed by atoms with Crippen molar-refractivity contribution < 1.29 is 0 Å². The van der Waals surface area contributed by atoms with Gasteiger partial charge in [-0.2, -0.15) is 0 Å². The predicted octanol–water partition coefficient (Wildman–Crippen LogP) is 19.2. The Balaban J connectivity index is 0.903. The molecule has 1 aliphatic rings. The normalized spacial score (nSPS) is 12.9. The molecule has 0 amide bonds. The van der Waals surface area contributed by atoms with Crippen LogP contribution in [0.15, 0.2) is 255 Å². The van der Waals surface area contributed by atoms with Crippen LogP contribution in [0, 0.1) is 0 Å². The molecule has 10 aromatic carbocycles. The molecule has 12 rings (SSSR count). The SMILES string of the molecule is C/C=C\C=C(/C)c1ccc2c(c1)c1cc(-c3ccccc3)ccc1n2-c1cccc(-c2cccc(-c3ccc(N(c4ccc(-c5ccccc5)cc4)c4ccc5c(c4)C(C)(C)c4ccccc4-5)cc3)c2)c1. The Kier molecular flexibility index (Phi) is 11.0. The van der Waals surface area contributed by atoms with Crippen LogP contribution in [-0.2, 0) is 5.41 Å². The first-order valence-electron chi connectivity index (χ1n) is 24.8. The second kappa shape index (κ2) is 18.0. The molecule has 11 aromatic rings. The molecule has 71 heavy (non-hydrogen) atoms. The monoisotopic (exact) mass is 910 g/mol. The summed E-state index contributed by atoms with van der Waals surface area (Å²) in [6.07, 6.45) is 6.38. The molecule has 1 aromatic heterocycles. The Morgan fingerprint density at radius 3 is 1.59 bits per heavy atom. The molecule has 0 bridgehead atoms. The summed E-state index contributed by atoms with van der Waals surface area (Å²) in [4.78, 5) is 2.40. The predicted molar refractivity (Wildman–Crippen MR) is 303 cm³/mol. The Hall–Kier alpha value is -8.72. The van der Waals surface area contributed by atoms with Gasteiger partial charge < -0.3 is 9.47 Å². The molecule has 0 fully saturated rings. The first-order chi connectivity index (χ1) is 34.8. The number of rotatable bonds is 10. The second-order valence-corrected chi connectivity index (χ2v) is 19.4. The van der Waals surface area contributed by atoms with E-state index in [1.807, 2.05) is 0 Å². The van der Waals surface area contributed by atoms with E-state index in [4.69, 9.17) is 0 Å². The van der Waals surface area contributed by atoms with Crippen LogP contribution in [0.25, 0.3) is 88.7 Å². The minimum Gasteiger partial charge on any atom is -0.310 e. The average Bonchev–Trinajstić information content (AvgIpc) is 3.88. The highest BCUT2D eigenvalue weighted by atomic mass is 15.1. The van der Waals surface area contributed by atoms with Crippen molar-refractivity contribution >= 4 is 44.4 Å². The van der Waals surface area contributed by atoms with Crippen LogP contribution < -0.4 is 4.90 Å². The summed E-state index contributed by atoms with van der Waals surface area (Å²) in [5.74, 6) is 0. The van der Waals surface area contributed by atoms with Gasteiger partial charge in [0.1, 0.15) is 0 Å². The van der Waals surface area contributed by atoms with Crippen LogP contribution in [0.1, 0.15) is 44.4 Å². The highest BCUT2D eigenvalue weighted by Crippen LogP contribution is 2.51. The molecule has 0 unspecified atom stereocenters. The quantitative estimate of drug-likeness (QED) is 0.124. The fraction of sp³-hybridized carbons (Fsp3) is 0.0725. The summed E-state index contributed by atoms with van der Waals surface area (Å²) < 4.78 is 2.43. The van der Waals surface area contributed by atoms with Crippen molar-refractivity contribution in [3.8, 4) is 61.3 Å². The molecule has 1 heterocycles. The Morgan fingerprint density at radius 1 is 0.408 bits per heavy atom. The first-order valence-corrected chi connectivity index (χ1v) is 24.8. The van der Waals surface area contributed by atoms with E-state index < -0.39 is 0 Å². The molecule has 1 aliphatic carbocycles. The Bertz CT molecular complexity index is 3830. The molecule has 0 aliphatic heterocycles. The molecule has 0 radical (unpaired) electrons. The smallest absolute Gasteiger partial charge is 0.0541 e. The largest absolute Gasteiger partial charge is 0.310 e. The zero-order chi connectivity index (χ0) is 48.1. The van der Waals surface area contributed by atoms with Crippen LogP contribution in [0.3, 0.4) is 0 Å². The molecule has 0 N–H and O–H groups in total. The molecule has 340 valence electrons. The minimum absolute atomic E-state index is 0.109.